The van der Waals surface area contributed by atoms with Crippen LogP contribution in [0.1, 0.15) is 0 Å². The minimum absolute atomic E-state index is 0.612. The number of para-hydroxylation sites is 1. The third-order valence-corrected chi connectivity index (χ3v) is 13.1. The second-order valence-electron chi connectivity index (χ2n) is 15.6. The van der Waals surface area contributed by atoms with E-state index < -0.39 is 0 Å². The van der Waals surface area contributed by atoms with Gasteiger partial charge in [0, 0.05) is 53.2 Å². The molecule has 3 heterocycles. The lowest BCUT2D eigenvalue weighted by Gasteiger charge is -2.16. The Labute approximate surface area is 362 Å². The van der Waals surface area contributed by atoms with Gasteiger partial charge in [-0.1, -0.05) is 188 Å². The van der Waals surface area contributed by atoms with E-state index in [1.165, 1.54) is 47.6 Å². The molecule has 0 atom stereocenters. The van der Waals surface area contributed by atoms with E-state index in [0.29, 0.717) is 17.5 Å². The molecule has 0 saturated heterocycles. The third-order valence-electron chi connectivity index (χ3n) is 11.9. The van der Waals surface area contributed by atoms with Crippen molar-refractivity contribution < 1.29 is 0 Å². The molecule has 0 fully saturated rings. The number of thiophene rings is 1. The second kappa shape index (κ2) is 14.9. The van der Waals surface area contributed by atoms with Gasteiger partial charge in [0.2, 0.25) is 0 Å². The van der Waals surface area contributed by atoms with Gasteiger partial charge in [0.25, 0.3) is 0 Å². The lowest BCUT2D eigenvalue weighted by Crippen LogP contribution is -2.02. The Bertz CT molecular complexity index is 3610. The zero-order chi connectivity index (χ0) is 41.0. The van der Waals surface area contributed by atoms with Gasteiger partial charge in [0.05, 0.1) is 16.7 Å². The first kappa shape index (κ1) is 35.9. The van der Waals surface area contributed by atoms with Crippen molar-refractivity contribution in [3.63, 3.8) is 0 Å². The molecule has 0 N–H and O–H groups in total. The van der Waals surface area contributed by atoms with Gasteiger partial charge in [0.1, 0.15) is 0 Å². The van der Waals surface area contributed by atoms with Crippen LogP contribution in [0.15, 0.2) is 218 Å². The summed E-state index contributed by atoms with van der Waals surface area (Å²) >= 11 is 1.85. The maximum Gasteiger partial charge on any atom is 0.164 e. The average Bonchev–Trinajstić information content (AvgIpc) is 3.90. The highest BCUT2D eigenvalue weighted by Crippen LogP contribution is 2.42. The average molecular weight is 809 g/mol. The van der Waals surface area contributed by atoms with E-state index in [-0.39, 0.29) is 0 Å². The summed E-state index contributed by atoms with van der Waals surface area (Å²) in [6, 6.07) is 77.5. The van der Waals surface area contributed by atoms with Gasteiger partial charge in [-0.2, -0.15) is 0 Å². The summed E-state index contributed by atoms with van der Waals surface area (Å²) in [6.07, 6.45) is 0. The normalized spacial score (nSPS) is 11.5. The predicted molar refractivity (Wildman–Crippen MR) is 260 cm³/mol. The smallest absolute Gasteiger partial charge is 0.164 e. The van der Waals surface area contributed by atoms with Crippen LogP contribution in [0, 0.1) is 0 Å². The van der Waals surface area contributed by atoms with Gasteiger partial charge < -0.3 is 4.57 Å². The molecule has 0 spiro atoms. The molecule has 0 aliphatic carbocycles. The van der Waals surface area contributed by atoms with Gasteiger partial charge in [0.15, 0.2) is 17.5 Å². The van der Waals surface area contributed by atoms with Crippen molar-refractivity contribution in [1.82, 2.24) is 19.5 Å². The monoisotopic (exact) mass is 808 g/mol. The summed E-state index contributed by atoms with van der Waals surface area (Å²) < 4.78 is 5.00. The first-order valence-electron chi connectivity index (χ1n) is 20.8. The van der Waals surface area contributed by atoms with E-state index in [0.717, 1.165) is 50.1 Å². The minimum atomic E-state index is 0.612. The molecule has 12 rings (SSSR count). The summed E-state index contributed by atoms with van der Waals surface area (Å²) in [5, 5.41) is 4.99. The van der Waals surface area contributed by atoms with Crippen molar-refractivity contribution >= 4 is 53.3 Å². The van der Waals surface area contributed by atoms with Crippen LogP contribution in [0.5, 0.6) is 0 Å². The van der Waals surface area contributed by atoms with E-state index in [9.17, 15) is 0 Å². The van der Waals surface area contributed by atoms with E-state index in [1.54, 1.807) is 0 Å². The lowest BCUT2D eigenvalue weighted by molar-refractivity contribution is 1.07. The number of rotatable bonds is 7. The zero-order valence-electron chi connectivity index (χ0n) is 33.5. The van der Waals surface area contributed by atoms with Crippen molar-refractivity contribution in [3.8, 4) is 73.2 Å². The van der Waals surface area contributed by atoms with Crippen LogP contribution in [0.3, 0.4) is 0 Å². The molecule has 3 aromatic heterocycles. The number of benzene rings is 9. The zero-order valence-corrected chi connectivity index (χ0v) is 34.3. The van der Waals surface area contributed by atoms with Crippen molar-refractivity contribution in [3.05, 3.63) is 218 Å². The van der Waals surface area contributed by atoms with E-state index in [4.69, 9.17) is 15.0 Å². The van der Waals surface area contributed by atoms with Crippen molar-refractivity contribution in [2.75, 3.05) is 0 Å². The Morgan fingerprint density at radius 3 is 1.56 bits per heavy atom. The highest BCUT2D eigenvalue weighted by atomic mass is 32.1. The van der Waals surface area contributed by atoms with Crippen LogP contribution >= 0.6 is 11.3 Å². The third kappa shape index (κ3) is 6.18. The topological polar surface area (TPSA) is 43.6 Å². The Balaban J connectivity index is 1.03. The molecule has 0 unspecified atom stereocenters. The second-order valence-corrected chi connectivity index (χ2v) is 16.6. The SMILES string of the molecule is c1ccc(-c2ccc3c(c2)c2ccccc2n3-c2cc(-c3nc(-c4ccccc4)nc(-c4ccc(-c5cccc6c5sc5ccccc56)cc4)n3)ccc2-c2ccccc2)cc1. The molecule has 0 aliphatic heterocycles. The molecule has 5 heteroatoms. The highest BCUT2D eigenvalue weighted by Gasteiger charge is 2.20. The largest absolute Gasteiger partial charge is 0.309 e. The van der Waals surface area contributed by atoms with Crippen LogP contribution < -0.4 is 0 Å². The molecule has 0 bridgehead atoms. The van der Waals surface area contributed by atoms with Gasteiger partial charge in [-0.25, -0.2) is 15.0 Å². The molecular weight excluding hydrogens is 773 g/mol. The molecule has 12 aromatic rings. The Morgan fingerprint density at radius 1 is 0.306 bits per heavy atom. The first-order valence-corrected chi connectivity index (χ1v) is 21.7. The van der Waals surface area contributed by atoms with E-state index in [1.807, 2.05) is 29.5 Å². The van der Waals surface area contributed by atoms with Gasteiger partial charge in [-0.15, -0.1) is 11.3 Å². The fourth-order valence-corrected chi connectivity index (χ4v) is 10.1. The van der Waals surface area contributed by atoms with Crippen LogP contribution in [0.25, 0.3) is 115 Å². The van der Waals surface area contributed by atoms with E-state index in [2.05, 4.69) is 205 Å². The fourth-order valence-electron chi connectivity index (χ4n) is 8.88. The van der Waals surface area contributed by atoms with Crippen LogP contribution in [0.4, 0.5) is 0 Å². The van der Waals surface area contributed by atoms with Crippen molar-refractivity contribution in [1.29, 1.82) is 0 Å². The van der Waals surface area contributed by atoms with Crippen molar-refractivity contribution in [2.45, 2.75) is 0 Å². The Kier molecular flexibility index (Phi) is 8.65. The Hall–Kier alpha value is -7.99. The molecule has 0 radical (unpaired) electrons. The number of hydrogen-bond donors (Lipinski definition) is 0. The predicted octanol–water partition coefficient (Wildman–Crippen LogP) is 15.3. The highest BCUT2D eigenvalue weighted by molar-refractivity contribution is 7.26. The van der Waals surface area contributed by atoms with Crippen LogP contribution in [-0.4, -0.2) is 19.5 Å². The van der Waals surface area contributed by atoms with E-state index >= 15 is 0 Å². The maximum atomic E-state index is 5.25. The van der Waals surface area contributed by atoms with Gasteiger partial charge >= 0.3 is 0 Å². The molecule has 4 nitrogen and oxygen atoms in total. The molecule has 9 aromatic carbocycles. The summed E-state index contributed by atoms with van der Waals surface area (Å²) in [7, 11) is 0. The van der Waals surface area contributed by atoms with Crippen molar-refractivity contribution in [2.24, 2.45) is 0 Å². The summed E-state index contributed by atoms with van der Waals surface area (Å²) in [6.45, 7) is 0. The first-order chi connectivity index (χ1) is 30.7. The summed E-state index contributed by atoms with van der Waals surface area (Å²) in [5.41, 5.74) is 13.1. The van der Waals surface area contributed by atoms with Crippen LogP contribution in [-0.2, 0) is 0 Å². The van der Waals surface area contributed by atoms with Gasteiger partial charge in [-0.3, -0.25) is 0 Å². The lowest BCUT2D eigenvalue weighted by atomic mass is 10.00. The number of nitrogens with zero attached hydrogens (tertiary/aromatic N) is 4. The number of hydrogen-bond acceptors (Lipinski definition) is 4. The molecule has 62 heavy (non-hydrogen) atoms. The fraction of sp³-hybridized carbons (Fsp3) is 0. The Morgan fingerprint density at radius 2 is 0.823 bits per heavy atom. The number of fused-ring (bicyclic) bond motifs is 6. The minimum Gasteiger partial charge on any atom is -0.309 e. The number of aromatic nitrogens is 4. The quantitative estimate of drug-likeness (QED) is 0.161. The van der Waals surface area contributed by atoms with Gasteiger partial charge in [-0.05, 0) is 58.1 Å². The summed E-state index contributed by atoms with van der Waals surface area (Å²) in [4.78, 5) is 15.5. The summed E-state index contributed by atoms with van der Waals surface area (Å²) in [5.74, 6) is 1.86. The maximum absolute atomic E-state index is 5.25. The molecule has 0 amide bonds. The van der Waals surface area contributed by atoms with Crippen LogP contribution in [0.2, 0.25) is 0 Å². The molecule has 0 aliphatic rings. The standard InChI is InChI=1S/C57H36N4S/c1-4-15-37(16-5-1)42-32-34-51-49(35-42)46-21-10-12-25-50(46)61(51)52-36-43(31-33-44(52)38-17-6-2-7-18-38)57-59-55(40-19-8-3-9-20-40)58-56(60-57)41-29-27-39(28-30-41)45-23-14-24-48-47-22-11-13-26-53(47)62-54(45)48/h1-36H. The molecule has 290 valence electrons. The molecular formula is C57H36N4S. The molecule has 0 saturated carbocycles.